The van der Waals surface area contributed by atoms with Crippen molar-refractivity contribution in [2.24, 2.45) is 0 Å². The van der Waals surface area contributed by atoms with Crippen LogP contribution in [0.4, 0.5) is 21.5 Å². The largest absolute Gasteiger partial charge is 0.462 e. The van der Waals surface area contributed by atoms with Crippen LogP contribution in [0.3, 0.4) is 0 Å². The molecule has 0 atom stereocenters. The molecule has 0 amide bonds. The number of nitrogens with zero attached hydrogens (tertiary/aromatic N) is 4. The van der Waals surface area contributed by atoms with E-state index in [0.717, 1.165) is 28.0 Å². The molecule has 3 heterocycles. The monoisotopic (exact) mass is 576 g/mol. The summed E-state index contributed by atoms with van der Waals surface area (Å²) in [5.41, 5.74) is 4.95. The predicted molar refractivity (Wildman–Crippen MR) is 158 cm³/mol. The number of hydrogen-bond donors (Lipinski definition) is 2. The van der Waals surface area contributed by atoms with Crippen LogP contribution in [0.25, 0.3) is 22.3 Å². The van der Waals surface area contributed by atoms with Crippen LogP contribution in [0.5, 0.6) is 0 Å². The molecule has 0 bridgehead atoms. The van der Waals surface area contributed by atoms with E-state index in [1.54, 1.807) is 25.3 Å². The van der Waals surface area contributed by atoms with Gasteiger partial charge in [0.05, 0.1) is 34.9 Å². The van der Waals surface area contributed by atoms with Crippen LogP contribution in [0, 0.1) is 5.82 Å². The number of H-pyrrole nitrogens is 1. The highest BCUT2D eigenvalue weighted by Crippen LogP contribution is 2.37. The second-order valence-corrected chi connectivity index (χ2v) is 10.4. The lowest BCUT2D eigenvalue weighted by atomic mass is 10.1. The first-order valence-electron chi connectivity index (χ1n) is 12.5. The van der Waals surface area contributed by atoms with Gasteiger partial charge in [-0.25, -0.2) is 14.2 Å². The maximum absolute atomic E-state index is 14.7. The molecule has 5 rings (SSSR count). The third-order valence-corrected chi connectivity index (χ3v) is 7.39. The number of aromatic nitrogens is 4. The van der Waals surface area contributed by atoms with Crippen molar-refractivity contribution in [2.75, 3.05) is 30.9 Å². The van der Waals surface area contributed by atoms with Gasteiger partial charge in [-0.15, -0.1) is 10.2 Å². The zero-order valence-corrected chi connectivity index (χ0v) is 23.6. The van der Waals surface area contributed by atoms with Gasteiger partial charge in [0.2, 0.25) is 0 Å². The number of anilines is 3. The molecule has 0 aliphatic carbocycles. The second kappa shape index (κ2) is 11.9. The van der Waals surface area contributed by atoms with Crippen LogP contribution in [-0.4, -0.2) is 46.8 Å². The number of nitrogens with one attached hydrogen (secondary N) is 2. The molecule has 11 heteroatoms. The molecule has 3 aromatic heterocycles. The normalized spacial score (nSPS) is 11.0. The Hall–Kier alpha value is -4.15. The lowest BCUT2D eigenvalue weighted by molar-refractivity contribution is 0.0527. The smallest absolute Gasteiger partial charge is 0.340 e. The van der Waals surface area contributed by atoms with Crippen LogP contribution in [0.1, 0.15) is 22.8 Å². The van der Waals surface area contributed by atoms with Gasteiger partial charge in [0.1, 0.15) is 16.5 Å². The van der Waals surface area contributed by atoms with Gasteiger partial charge < -0.3 is 19.9 Å². The zero-order valence-electron chi connectivity index (χ0n) is 22.0. The molecule has 8 nitrogen and oxygen atoms in total. The van der Waals surface area contributed by atoms with Crippen LogP contribution < -0.4 is 10.2 Å². The molecule has 0 radical (unpaired) electrons. The van der Waals surface area contributed by atoms with Crippen LogP contribution in [0.2, 0.25) is 5.02 Å². The lowest BCUT2D eigenvalue weighted by Gasteiger charge is -2.21. The number of halogens is 2. The number of aromatic amines is 1. The second-order valence-electron chi connectivity index (χ2n) is 9.01. The van der Waals surface area contributed by atoms with Gasteiger partial charge in [0.15, 0.2) is 0 Å². The molecule has 0 saturated carbocycles. The molecule has 0 spiro atoms. The van der Waals surface area contributed by atoms with E-state index in [4.69, 9.17) is 16.3 Å². The first-order chi connectivity index (χ1) is 19.4. The van der Waals surface area contributed by atoms with Crippen molar-refractivity contribution in [3.63, 3.8) is 0 Å². The van der Waals surface area contributed by atoms with Gasteiger partial charge in [-0.1, -0.05) is 35.5 Å². The average Bonchev–Trinajstić information content (AvgIpc) is 3.43. The molecule has 0 aliphatic rings. The minimum absolute atomic E-state index is 0.248. The number of pyridine rings is 1. The summed E-state index contributed by atoms with van der Waals surface area (Å²) in [6.07, 6.45) is 3.51. The highest BCUT2D eigenvalue weighted by Gasteiger charge is 2.19. The third kappa shape index (κ3) is 5.73. The predicted octanol–water partition coefficient (Wildman–Crippen LogP) is 7.09. The maximum Gasteiger partial charge on any atom is 0.340 e. The number of rotatable bonds is 9. The van der Waals surface area contributed by atoms with Crippen LogP contribution >= 0.6 is 23.4 Å². The Balaban J connectivity index is 1.54. The van der Waals surface area contributed by atoms with Gasteiger partial charge in [0.25, 0.3) is 0 Å². The van der Waals surface area contributed by atoms with E-state index >= 15 is 0 Å². The van der Waals surface area contributed by atoms with E-state index in [2.05, 4.69) is 25.5 Å². The SMILES string of the molecule is CCOC(=O)c1cccc(CSc2nnc(-c3cc(Cl)ccc3F)cc2Nc2ccnc3[nH]ccc23)c1N(C)C. The van der Waals surface area contributed by atoms with Gasteiger partial charge in [-0.3, -0.25) is 0 Å². The fourth-order valence-electron chi connectivity index (χ4n) is 4.37. The van der Waals surface area contributed by atoms with Crippen molar-refractivity contribution in [3.05, 3.63) is 89.0 Å². The van der Waals surface area contributed by atoms with Crippen LogP contribution in [-0.2, 0) is 10.5 Å². The van der Waals surface area contributed by atoms with Gasteiger partial charge >= 0.3 is 5.97 Å². The Morgan fingerprint density at radius 2 is 1.98 bits per heavy atom. The quantitative estimate of drug-likeness (QED) is 0.142. The van der Waals surface area contributed by atoms with Crippen molar-refractivity contribution in [3.8, 4) is 11.3 Å². The average molecular weight is 577 g/mol. The highest BCUT2D eigenvalue weighted by molar-refractivity contribution is 7.98. The fraction of sp³-hybridized carbons (Fsp3) is 0.172. The molecule has 204 valence electrons. The molecular formula is C29H26ClFN6O2S. The first kappa shape index (κ1) is 27.4. The Bertz CT molecular complexity index is 1690. The number of carbonyl (C=O) groups is 1. The summed E-state index contributed by atoms with van der Waals surface area (Å²) >= 11 is 7.60. The third-order valence-electron chi connectivity index (χ3n) is 6.12. The molecule has 5 aromatic rings. The van der Waals surface area contributed by atoms with E-state index in [9.17, 15) is 9.18 Å². The first-order valence-corrected chi connectivity index (χ1v) is 13.8. The van der Waals surface area contributed by atoms with Crippen molar-refractivity contribution in [1.82, 2.24) is 20.2 Å². The van der Waals surface area contributed by atoms with Crippen molar-refractivity contribution in [1.29, 1.82) is 0 Å². The number of carbonyl (C=O) groups excluding carboxylic acids is 1. The summed E-state index contributed by atoms with van der Waals surface area (Å²) in [7, 11) is 3.78. The molecule has 2 N–H and O–H groups in total. The van der Waals surface area contributed by atoms with Crippen molar-refractivity contribution < 1.29 is 13.9 Å². The van der Waals surface area contributed by atoms with Gasteiger partial charge in [-0.2, -0.15) is 0 Å². The number of esters is 1. The lowest BCUT2D eigenvalue weighted by Crippen LogP contribution is -2.17. The Labute approximate surface area is 239 Å². The summed E-state index contributed by atoms with van der Waals surface area (Å²) in [5.74, 6) is -0.333. The Morgan fingerprint density at radius 1 is 1.12 bits per heavy atom. The van der Waals surface area contributed by atoms with Crippen molar-refractivity contribution in [2.45, 2.75) is 17.7 Å². The molecule has 0 saturated heterocycles. The van der Waals surface area contributed by atoms with E-state index in [-0.39, 0.29) is 18.1 Å². The molecule has 0 unspecified atom stereocenters. The summed E-state index contributed by atoms with van der Waals surface area (Å²) in [6, 6.07) is 15.4. The Kier molecular flexibility index (Phi) is 8.18. The number of benzene rings is 2. The number of ether oxygens (including phenoxy) is 1. The number of para-hydroxylation sites is 1. The molecule has 40 heavy (non-hydrogen) atoms. The summed E-state index contributed by atoms with van der Waals surface area (Å²) in [6.45, 7) is 2.07. The van der Waals surface area contributed by atoms with E-state index < -0.39 is 5.82 Å². The number of hydrogen-bond acceptors (Lipinski definition) is 8. The number of fused-ring (bicyclic) bond motifs is 1. The summed E-state index contributed by atoms with van der Waals surface area (Å²) in [5, 5.41) is 14.1. The topological polar surface area (TPSA) is 96.0 Å². The van der Waals surface area contributed by atoms with Crippen molar-refractivity contribution >= 4 is 57.4 Å². The van der Waals surface area contributed by atoms with E-state index in [0.29, 0.717) is 32.7 Å². The summed E-state index contributed by atoms with van der Waals surface area (Å²) < 4.78 is 20.0. The minimum atomic E-state index is -0.451. The fourth-order valence-corrected chi connectivity index (χ4v) is 5.43. The summed E-state index contributed by atoms with van der Waals surface area (Å²) in [4.78, 5) is 22.0. The maximum atomic E-state index is 14.7. The number of thioether (sulfide) groups is 1. The van der Waals surface area contributed by atoms with Gasteiger partial charge in [0, 0.05) is 48.2 Å². The van der Waals surface area contributed by atoms with E-state index in [1.807, 2.05) is 49.5 Å². The van der Waals surface area contributed by atoms with E-state index in [1.165, 1.54) is 30.0 Å². The molecule has 0 aliphatic heterocycles. The standard InChI is InChI=1S/C29H26ClFN6O2S/c1-4-39-29(38)20-7-5-6-17(26(20)37(2)3)16-40-28-25(34-23-11-13-33-27-19(23)10-12-32-27)15-24(35-36-28)21-14-18(30)8-9-22(21)31/h5-15H,4,16H2,1-3H3,(H2,32,33,34,35). The molecule has 2 aromatic carbocycles. The molecular weight excluding hydrogens is 551 g/mol. The molecule has 0 fully saturated rings. The Morgan fingerprint density at radius 3 is 2.77 bits per heavy atom. The minimum Gasteiger partial charge on any atom is -0.462 e. The van der Waals surface area contributed by atoms with Gasteiger partial charge in [-0.05, 0) is 55.0 Å². The van der Waals surface area contributed by atoms with Crippen LogP contribution in [0.15, 0.2) is 72.0 Å². The highest BCUT2D eigenvalue weighted by atomic mass is 35.5. The zero-order chi connectivity index (χ0) is 28.2.